The molecule has 0 N–H and O–H groups in total. The van der Waals surface area contributed by atoms with Crippen molar-refractivity contribution in [1.29, 1.82) is 0 Å². The van der Waals surface area contributed by atoms with Crippen LogP contribution in [0.2, 0.25) is 0 Å². The van der Waals surface area contributed by atoms with E-state index in [4.69, 9.17) is 13.3 Å². The van der Waals surface area contributed by atoms with Crippen molar-refractivity contribution in [2.45, 2.75) is 0 Å². The topological polar surface area (TPSA) is 34.2 Å². The smallest absolute Gasteiger partial charge is 0.373 e. The largest absolute Gasteiger partial charge is 0.536 e. The van der Waals surface area contributed by atoms with Crippen LogP contribution in [0.3, 0.4) is 0 Å². The van der Waals surface area contributed by atoms with Crippen molar-refractivity contribution in [3.05, 3.63) is 164 Å². The quantitative estimate of drug-likeness (QED) is 0.137. The first kappa shape index (κ1) is 30.1. The minimum Gasteiger partial charge on any atom is -0.373 e. The Hall–Kier alpha value is -4.98. The average molecular weight is 609 g/mol. The summed E-state index contributed by atoms with van der Waals surface area (Å²) in [5.74, 6) is 0. The van der Waals surface area contributed by atoms with Gasteiger partial charge < -0.3 is 23.1 Å². The molecule has 0 aliphatic carbocycles. The fourth-order valence-corrected chi connectivity index (χ4v) is 7.43. The molecule has 0 aliphatic rings. The summed E-state index contributed by atoms with van der Waals surface area (Å²) in [4.78, 5) is 4.51. The van der Waals surface area contributed by atoms with Gasteiger partial charge in [0.15, 0.2) is 0 Å². The van der Waals surface area contributed by atoms with Gasteiger partial charge in [0.05, 0.1) is 0 Å². The lowest BCUT2D eigenvalue weighted by Gasteiger charge is -2.28. The van der Waals surface area contributed by atoms with Crippen molar-refractivity contribution in [3.63, 3.8) is 0 Å². The second-order valence-electron chi connectivity index (χ2n) is 10.5. The van der Waals surface area contributed by atoms with Gasteiger partial charge in [0.25, 0.3) is 0 Å². The molecule has 6 aromatic rings. The molecule has 0 amide bonds. The number of rotatable bonds is 11. The minimum absolute atomic E-state index is 0.906. The van der Waals surface area contributed by atoms with Gasteiger partial charge in [-0.2, -0.15) is 0 Å². The lowest BCUT2D eigenvalue weighted by atomic mass is 10.0. The summed E-state index contributed by atoms with van der Waals surface area (Å²) in [6.07, 6.45) is 0. The van der Waals surface area contributed by atoms with Crippen LogP contribution >= 0.6 is 0 Å². The van der Waals surface area contributed by atoms with Gasteiger partial charge in [0, 0.05) is 60.6 Å². The monoisotopic (exact) mass is 608 g/mol. The second kappa shape index (κ2) is 13.8. The Bertz CT molecular complexity index is 1730. The third-order valence-corrected chi connectivity index (χ3v) is 10.6. The third kappa shape index (κ3) is 6.31. The van der Waals surface area contributed by atoms with Gasteiger partial charge in [0.1, 0.15) is 0 Å². The summed E-state index contributed by atoms with van der Waals surface area (Å²) >= 11 is 0. The van der Waals surface area contributed by atoms with Gasteiger partial charge in [-0.15, -0.1) is 0 Å². The van der Waals surface area contributed by atoms with Crippen LogP contribution in [-0.2, 0) is 13.3 Å². The standard InChI is InChI=1S/C39H36N2O3Si/c1-42-45(43-2,44-3)39-29-27-38(28-30-39)41(35-17-11-6-12-18-35)37-25-21-32(22-26-37)31-19-23-36(24-20-31)40(33-13-7-4-8-14-33)34-15-9-5-10-16-34/h4-30H,1-3H3. The van der Waals surface area contributed by atoms with Gasteiger partial charge in [-0.3, -0.25) is 0 Å². The molecule has 0 saturated heterocycles. The number of hydrogen-bond acceptors (Lipinski definition) is 5. The first-order valence-corrected chi connectivity index (χ1v) is 16.6. The van der Waals surface area contributed by atoms with Crippen LogP contribution in [0.4, 0.5) is 34.1 Å². The molecule has 0 atom stereocenters. The molecular formula is C39H36N2O3Si. The average Bonchev–Trinajstić information content (AvgIpc) is 3.12. The predicted molar refractivity (Wildman–Crippen MR) is 188 cm³/mol. The molecule has 0 spiro atoms. The van der Waals surface area contributed by atoms with E-state index >= 15 is 0 Å². The van der Waals surface area contributed by atoms with Gasteiger partial charge in [-0.25, -0.2) is 0 Å². The van der Waals surface area contributed by atoms with E-state index in [0.717, 1.165) is 50.4 Å². The van der Waals surface area contributed by atoms with Crippen LogP contribution in [0.1, 0.15) is 0 Å². The summed E-state index contributed by atoms with van der Waals surface area (Å²) in [5, 5.41) is 0.906. The Morgan fingerprint density at radius 3 is 0.889 bits per heavy atom. The molecule has 0 radical (unpaired) electrons. The number of para-hydroxylation sites is 3. The number of nitrogens with zero attached hydrogens (tertiary/aromatic N) is 2. The molecular weight excluding hydrogens is 573 g/mol. The zero-order valence-electron chi connectivity index (χ0n) is 25.7. The van der Waals surface area contributed by atoms with Crippen LogP contribution in [0.25, 0.3) is 11.1 Å². The normalized spacial score (nSPS) is 11.3. The minimum atomic E-state index is -2.93. The Labute approximate surface area is 266 Å². The first-order chi connectivity index (χ1) is 22.2. The first-order valence-electron chi connectivity index (χ1n) is 14.9. The van der Waals surface area contributed by atoms with E-state index < -0.39 is 8.80 Å². The molecule has 224 valence electrons. The highest BCUT2D eigenvalue weighted by Gasteiger charge is 2.40. The van der Waals surface area contributed by atoms with Crippen LogP contribution in [0, 0.1) is 0 Å². The Morgan fingerprint density at radius 2 is 0.600 bits per heavy atom. The molecule has 0 unspecified atom stereocenters. The van der Waals surface area contributed by atoms with E-state index in [0.29, 0.717) is 0 Å². The highest BCUT2D eigenvalue weighted by molar-refractivity contribution is 6.75. The van der Waals surface area contributed by atoms with Crippen molar-refractivity contribution in [2.75, 3.05) is 31.1 Å². The summed E-state index contributed by atoms with van der Waals surface area (Å²) in [6.45, 7) is 0. The molecule has 5 nitrogen and oxygen atoms in total. The van der Waals surface area contributed by atoms with Crippen LogP contribution in [0.5, 0.6) is 0 Å². The van der Waals surface area contributed by atoms with Gasteiger partial charge in [-0.05, 0) is 83.9 Å². The molecule has 6 heteroatoms. The highest BCUT2D eigenvalue weighted by Crippen LogP contribution is 2.37. The Balaban J connectivity index is 1.30. The Morgan fingerprint density at radius 1 is 0.333 bits per heavy atom. The molecule has 0 saturated carbocycles. The molecule has 6 rings (SSSR count). The van der Waals surface area contributed by atoms with E-state index in [2.05, 4.69) is 143 Å². The fourth-order valence-electron chi connectivity index (χ4n) is 5.65. The maximum atomic E-state index is 5.69. The third-order valence-electron chi connectivity index (χ3n) is 7.91. The van der Waals surface area contributed by atoms with Crippen molar-refractivity contribution in [1.82, 2.24) is 0 Å². The molecule has 0 aliphatic heterocycles. The number of anilines is 6. The zero-order valence-corrected chi connectivity index (χ0v) is 26.7. The summed E-state index contributed by atoms with van der Waals surface area (Å²) < 4.78 is 17.1. The molecule has 0 heterocycles. The van der Waals surface area contributed by atoms with Crippen LogP contribution in [0.15, 0.2) is 164 Å². The summed E-state index contributed by atoms with van der Waals surface area (Å²) in [7, 11) is 1.95. The number of hydrogen-bond donors (Lipinski definition) is 0. The van der Waals surface area contributed by atoms with Crippen molar-refractivity contribution in [3.8, 4) is 11.1 Å². The lowest BCUT2D eigenvalue weighted by molar-refractivity contribution is 0.140. The van der Waals surface area contributed by atoms with E-state index in [1.807, 2.05) is 30.3 Å². The van der Waals surface area contributed by atoms with Crippen molar-refractivity contribution < 1.29 is 13.3 Å². The Kier molecular flexibility index (Phi) is 9.19. The van der Waals surface area contributed by atoms with E-state index in [-0.39, 0.29) is 0 Å². The van der Waals surface area contributed by atoms with E-state index in [1.54, 1.807) is 21.3 Å². The molecule has 0 aromatic heterocycles. The van der Waals surface area contributed by atoms with Crippen molar-refractivity contribution in [2.24, 2.45) is 0 Å². The molecule has 6 aromatic carbocycles. The summed E-state index contributed by atoms with van der Waals surface area (Å²) in [5.41, 5.74) is 8.80. The predicted octanol–water partition coefficient (Wildman–Crippen LogP) is 9.38. The van der Waals surface area contributed by atoms with E-state index in [1.165, 1.54) is 0 Å². The van der Waals surface area contributed by atoms with Crippen LogP contribution < -0.4 is 15.0 Å². The molecule has 0 fully saturated rings. The van der Waals surface area contributed by atoms with Crippen LogP contribution in [-0.4, -0.2) is 30.1 Å². The fraction of sp³-hybridized carbons (Fsp3) is 0.0769. The lowest BCUT2D eigenvalue weighted by Crippen LogP contribution is -2.54. The maximum Gasteiger partial charge on any atom is 0.536 e. The zero-order chi connectivity index (χ0) is 31.1. The number of benzene rings is 6. The molecule has 45 heavy (non-hydrogen) atoms. The van der Waals surface area contributed by atoms with E-state index in [9.17, 15) is 0 Å². The van der Waals surface area contributed by atoms with Crippen molar-refractivity contribution >= 4 is 48.1 Å². The van der Waals surface area contributed by atoms with Gasteiger partial charge in [-0.1, -0.05) is 91.0 Å². The summed E-state index contributed by atoms with van der Waals surface area (Å²) in [6, 6.07) is 57.0. The van der Waals surface area contributed by atoms with Gasteiger partial charge >= 0.3 is 8.80 Å². The van der Waals surface area contributed by atoms with Gasteiger partial charge in [0.2, 0.25) is 0 Å². The second-order valence-corrected chi connectivity index (χ2v) is 13.4. The SMILES string of the molecule is CO[Si](OC)(OC)c1ccc(N(c2ccccc2)c2ccc(-c3ccc(N(c4ccccc4)c4ccccc4)cc3)cc2)cc1. The molecule has 0 bridgehead atoms. The highest BCUT2D eigenvalue weighted by atomic mass is 28.4. The maximum absolute atomic E-state index is 5.69.